The van der Waals surface area contributed by atoms with Gasteiger partial charge in [0.15, 0.2) is 5.69 Å². The molecule has 2 N–H and O–H groups in total. The van der Waals surface area contributed by atoms with E-state index in [9.17, 15) is 4.79 Å². The van der Waals surface area contributed by atoms with Crippen molar-refractivity contribution in [2.75, 3.05) is 0 Å². The number of fused-ring (bicyclic) bond motifs is 1. The molecule has 18 heavy (non-hydrogen) atoms. The molecule has 96 valence electrons. The normalized spacial score (nSPS) is 11.9. The van der Waals surface area contributed by atoms with Crippen LogP contribution in [-0.2, 0) is 6.54 Å². The van der Waals surface area contributed by atoms with Gasteiger partial charge < -0.3 is 14.8 Å². The Balaban J connectivity index is 2.36. The van der Waals surface area contributed by atoms with Crippen LogP contribution in [0, 0.1) is 0 Å². The number of imidazole rings is 1. The first-order valence-corrected chi connectivity index (χ1v) is 5.82. The van der Waals surface area contributed by atoms with Crippen molar-refractivity contribution < 1.29 is 9.90 Å². The lowest BCUT2D eigenvalue weighted by Gasteiger charge is -2.20. The van der Waals surface area contributed by atoms with Gasteiger partial charge in [0, 0.05) is 30.0 Å². The van der Waals surface area contributed by atoms with Crippen LogP contribution in [0.3, 0.4) is 0 Å². The second-order valence-corrected chi connectivity index (χ2v) is 5.30. The van der Waals surface area contributed by atoms with Gasteiger partial charge in [-0.05, 0) is 26.8 Å². The summed E-state index contributed by atoms with van der Waals surface area (Å²) >= 11 is 0. The number of aromatic carboxylic acids is 1. The number of rotatable bonds is 3. The summed E-state index contributed by atoms with van der Waals surface area (Å²) in [5.41, 5.74) is 1.75. The van der Waals surface area contributed by atoms with E-state index in [1.165, 1.54) is 6.20 Å². The Labute approximate surface area is 105 Å². The fourth-order valence-electron chi connectivity index (χ4n) is 1.67. The van der Waals surface area contributed by atoms with Crippen LogP contribution in [0.4, 0.5) is 0 Å². The van der Waals surface area contributed by atoms with Crippen LogP contribution in [0.1, 0.15) is 36.8 Å². The molecule has 0 aliphatic rings. The third kappa shape index (κ3) is 2.68. The van der Waals surface area contributed by atoms with E-state index >= 15 is 0 Å². The van der Waals surface area contributed by atoms with Gasteiger partial charge in [-0.1, -0.05) is 6.07 Å². The number of aromatic nitrogens is 2. The number of carbonyl (C=O) groups is 1. The second kappa shape index (κ2) is 4.42. The fourth-order valence-corrected chi connectivity index (χ4v) is 1.67. The van der Waals surface area contributed by atoms with Crippen molar-refractivity contribution in [1.29, 1.82) is 0 Å². The molecule has 0 spiro atoms. The Kier molecular flexibility index (Phi) is 3.09. The van der Waals surface area contributed by atoms with Crippen LogP contribution in [0.25, 0.3) is 5.65 Å². The molecule has 0 unspecified atom stereocenters. The van der Waals surface area contributed by atoms with Crippen molar-refractivity contribution in [2.24, 2.45) is 0 Å². The van der Waals surface area contributed by atoms with Crippen molar-refractivity contribution >= 4 is 11.6 Å². The molecule has 5 heteroatoms. The Bertz CT molecular complexity index is 581. The summed E-state index contributed by atoms with van der Waals surface area (Å²) in [5.74, 6) is -1.01. The lowest BCUT2D eigenvalue weighted by atomic mass is 10.1. The number of pyridine rings is 1. The third-order valence-electron chi connectivity index (χ3n) is 2.59. The Hall–Kier alpha value is -1.88. The topological polar surface area (TPSA) is 66.6 Å². The molecule has 5 nitrogen and oxygen atoms in total. The van der Waals surface area contributed by atoms with Crippen LogP contribution >= 0.6 is 0 Å². The van der Waals surface area contributed by atoms with E-state index in [1.54, 1.807) is 10.6 Å². The summed E-state index contributed by atoms with van der Waals surface area (Å²) in [6.07, 6.45) is 3.33. The second-order valence-electron chi connectivity index (χ2n) is 5.30. The highest BCUT2D eigenvalue weighted by atomic mass is 16.4. The van der Waals surface area contributed by atoms with Gasteiger partial charge in [0.2, 0.25) is 0 Å². The summed E-state index contributed by atoms with van der Waals surface area (Å²) in [6, 6.07) is 3.84. The Morgan fingerprint density at radius 2 is 2.22 bits per heavy atom. The number of carboxylic acids is 1. The van der Waals surface area contributed by atoms with Crippen molar-refractivity contribution in [3.8, 4) is 0 Å². The van der Waals surface area contributed by atoms with Gasteiger partial charge in [-0.3, -0.25) is 0 Å². The van der Waals surface area contributed by atoms with Gasteiger partial charge >= 0.3 is 5.97 Å². The van der Waals surface area contributed by atoms with Crippen molar-refractivity contribution in [3.63, 3.8) is 0 Å². The molecule has 0 aliphatic carbocycles. The highest BCUT2D eigenvalue weighted by Crippen LogP contribution is 2.12. The quantitative estimate of drug-likeness (QED) is 0.869. The van der Waals surface area contributed by atoms with Crippen molar-refractivity contribution in [2.45, 2.75) is 32.9 Å². The fraction of sp³-hybridized carbons (Fsp3) is 0.385. The molecule has 2 rings (SSSR count). The summed E-state index contributed by atoms with van der Waals surface area (Å²) < 4.78 is 1.74. The Morgan fingerprint density at radius 3 is 2.83 bits per heavy atom. The van der Waals surface area contributed by atoms with E-state index < -0.39 is 5.97 Å². The third-order valence-corrected chi connectivity index (χ3v) is 2.59. The van der Waals surface area contributed by atoms with Gasteiger partial charge in [-0.25, -0.2) is 9.78 Å². The van der Waals surface area contributed by atoms with Crippen LogP contribution in [0.5, 0.6) is 0 Å². The molecule has 0 atom stereocenters. The average molecular weight is 247 g/mol. The van der Waals surface area contributed by atoms with E-state index in [2.05, 4.69) is 31.1 Å². The zero-order valence-electron chi connectivity index (χ0n) is 10.8. The molecule has 0 radical (unpaired) electrons. The van der Waals surface area contributed by atoms with E-state index in [1.807, 2.05) is 12.1 Å². The maximum absolute atomic E-state index is 10.9. The first kappa shape index (κ1) is 12.6. The number of hydrogen-bond donors (Lipinski definition) is 2. The largest absolute Gasteiger partial charge is 0.476 e. The highest BCUT2D eigenvalue weighted by Gasteiger charge is 2.13. The van der Waals surface area contributed by atoms with Crippen LogP contribution in [-0.4, -0.2) is 26.0 Å². The minimum absolute atomic E-state index is 0.00898. The number of carboxylic acid groups (broad SMARTS) is 1. The molecule has 2 aromatic heterocycles. The molecule has 0 bridgehead atoms. The lowest BCUT2D eigenvalue weighted by molar-refractivity contribution is 0.0691. The highest BCUT2D eigenvalue weighted by molar-refractivity contribution is 5.86. The minimum Gasteiger partial charge on any atom is -0.476 e. The van der Waals surface area contributed by atoms with Gasteiger partial charge in [-0.2, -0.15) is 0 Å². The van der Waals surface area contributed by atoms with Crippen molar-refractivity contribution in [1.82, 2.24) is 14.7 Å². The summed E-state index contributed by atoms with van der Waals surface area (Å²) in [4.78, 5) is 15.0. The van der Waals surface area contributed by atoms with E-state index in [-0.39, 0.29) is 11.2 Å². The van der Waals surface area contributed by atoms with Crippen LogP contribution < -0.4 is 5.32 Å². The van der Waals surface area contributed by atoms with Gasteiger partial charge in [-0.15, -0.1) is 0 Å². The molecule has 2 heterocycles. The van der Waals surface area contributed by atoms with Gasteiger partial charge in [0.05, 0.1) is 0 Å². The zero-order valence-corrected chi connectivity index (χ0v) is 10.8. The number of nitrogens with one attached hydrogen (secondary N) is 1. The summed E-state index contributed by atoms with van der Waals surface area (Å²) in [7, 11) is 0. The maximum atomic E-state index is 10.9. The predicted octanol–water partition coefficient (Wildman–Crippen LogP) is 1.92. The molecular weight excluding hydrogens is 230 g/mol. The molecule has 0 aliphatic heterocycles. The molecule has 0 amide bonds. The SMILES string of the molecule is CC(C)(C)NCc1cccn2cc(C(=O)O)nc12. The number of nitrogens with zero attached hydrogens (tertiary/aromatic N) is 2. The van der Waals surface area contributed by atoms with Crippen LogP contribution in [0.2, 0.25) is 0 Å². The smallest absolute Gasteiger partial charge is 0.356 e. The first-order chi connectivity index (χ1) is 8.37. The summed E-state index contributed by atoms with van der Waals surface area (Å²) in [6.45, 7) is 6.91. The summed E-state index contributed by atoms with van der Waals surface area (Å²) in [5, 5.41) is 12.3. The van der Waals surface area contributed by atoms with E-state index in [0.29, 0.717) is 12.2 Å². The van der Waals surface area contributed by atoms with Crippen molar-refractivity contribution in [3.05, 3.63) is 35.8 Å². The molecule has 0 aromatic carbocycles. The average Bonchev–Trinajstić information content (AvgIpc) is 2.69. The molecule has 0 saturated heterocycles. The first-order valence-electron chi connectivity index (χ1n) is 5.82. The number of hydrogen-bond acceptors (Lipinski definition) is 3. The van der Waals surface area contributed by atoms with Gasteiger partial charge in [0.25, 0.3) is 0 Å². The zero-order chi connectivity index (χ0) is 13.3. The maximum Gasteiger partial charge on any atom is 0.356 e. The minimum atomic E-state index is -1.01. The standard InChI is InChI=1S/C13H17N3O2/c1-13(2,3)14-7-9-5-4-6-16-8-10(12(17)18)15-11(9)16/h4-6,8,14H,7H2,1-3H3,(H,17,18). The monoisotopic (exact) mass is 247 g/mol. The molecule has 0 fully saturated rings. The predicted molar refractivity (Wildman–Crippen MR) is 68.7 cm³/mol. The molecule has 0 saturated carbocycles. The lowest BCUT2D eigenvalue weighted by Crippen LogP contribution is -2.35. The van der Waals surface area contributed by atoms with E-state index in [4.69, 9.17) is 5.11 Å². The Morgan fingerprint density at radius 1 is 1.50 bits per heavy atom. The molecule has 2 aromatic rings. The van der Waals surface area contributed by atoms with Crippen LogP contribution in [0.15, 0.2) is 24.5 Å². The molecular formula is C13H17N3O2. The van der Waals surface area contributed by atoms with Gasteiger partial charge in [0.1, 0.15) is 5.65 Å². The van der Waals surface area contributed by atoms with E-state index in [0.717, 1.165) is 5.56 Å².